The van der Waals surface area contributed by atoms with Gasteiger partial charge in [0.2, 0.25) is 0 Å². The van der Waals surface area contributed by atoms with Crippen LogP contribution in [0.15, 0.2) is 84.4 Å². The highest BCUT2D eigenvalue weighted by Crippen LogP contribution is 2.40. The SMILES string of the molecule is C=C([C@@H](N=C(C)CC)C1CCCC1)N1CCC[C@H]1c1nc2ccc(-c3ccc4cc(-c5cnc[nH]5)ccc4c3)cc2[nH]1. The second-order valence-corrected chi connectivity index (χ2v) is 12.1. The Bertz CT molecular complexity index is 1750. The summed E-state index contributed by atoms with van der Waals surface area (Å²) in [6.07, 6.45) is 12.0. The standard InChI is InChI=1S/C36H40N6/c1-4-23(2)39-35(25-8-5-6-9-25)24(3)42-17-7-10-34(42)36-40-31-16-15-29(20-32(31)41-36)27-11-12-28-19-30(14-13-26(28)18-27)33-21-37-22-38-33/h11-16,18-22,25,34-35H,3-10,17H2,1-2H3,(H,37,38)(H,40,41)/t34-,35+/m0/s1. The molecule has 1 saturated carbocycles. The van der Waals surface area contributed by atoms with Crippen molar-refractivity contribution in [3.05, 3.63) is 85.2 Å². The van der Waals surface area contributed by atoms with Gasteiger partial charge in [-0.3, -0.25) is 4.99 Å². The Labute approximate surface area is 248 Å². The van der Waals surface area contributed by atoms with E-state index in [0.29, 0.717) is 5.92 Å². The Kier molecular flexibility index (Phi) is 7.14. The van der Waals surface area contributed by atoms with E-state index in [1.54, 1.807) is 6.33 Å². The minimum Gasteiger partial charge on any atom is -0.363 e. The Morgan fingerprint density at radius 1 is 0.976 bits per heavy atom. The number of fused-ring (bicyclic) bond motifs is 2. The van der Waals surface area contributed by atoms with Crippen molar-refractivity contribution in [1.29, 1.82) is 0 Å². The molecule has 2 atom stereocenters. The fraction of sp³-hybridized carbons (Fsp3) is 0.361. The first-order valence-corrected chi connectivity index (χ1v) is 15.6. The van der Waals surface area contributed by atoms with E-state index in [2.05, 4.69) is 94.9 Å². The maximum Gasteiger partial charge on any atom is 0.130 e. The van der Waals surface area contributed by atoms with E-state index in [0.717, 1.165) is 53.9 Å². The number of aromatic nitrogens is 4. The van der Waals surface area contributed by atoms with Crippen LogP contribution in [0.5, 0.6) is 0 Å². The van der Waals surface area contributed by atoms with Gasteiger partial charge in [0.15, 0.2) is 0 Å². The van der Waals surface area contributed by atoms with Gasteiger partial charge in [-0.15, -0.1) is 0 Å². The lowest BCUT2D eigenvalue weighted by molar-refractivity contribution is 0.276. The first-order valence-electron chi connectivity index (χ1n) is 15.6. The van der Waals surface area contributed by atoms with Crippen molar-refractivity contribution in [1.82, 2.24) is 24.8 Å². The summed E-state index contributed by atoms with van der Waals surface area (Å²) >= 11 is 0. The monoisotopic (exact) mass is 556 g/mol. The van der Waals surface area contributed by atoms with Gasteiger partial charge in [0, 0.05) is 23.5 Å². The van der Waals surface area contributed by atoms with E-state index in [-0.39, 0.29) is 12.1 Å². The summed E-state index contributed by atoms with van der Waals surface area (Å²) in [6, 6.07) is 20.2. The summed E-state index contributed by atoms with van der Waals surface area (Å²) < 4.78 is 0. The molecule has 0 amide bonds. The molecule has 2 aliphatic rings. The molecule has 3 aromatic carbocycles. The van der Waals surface area contributed by atoms with Crippen LogP contribution in [0, 0.1) is 5.92 Å². The lowest BCUT2D eigenvalue weighted by Gasteiger charge is -2.33. The average molecular weight is 557 g/mol. The highest BCUT2D eigenvalue weighted by Gasteiger charge is 2.35. The van der Waals surface area contributed by atoms with E-state index in [1.807, 2.05) is 6.20 Å². The van der Waals surface area contributed by atoms with Crippen LogP contribution >= 0.6 is 0 Å². The number of rotatable bonds is 8. The van der Waals surface area contributed by atoms with Gasteiger partial charge in [-0.05, 0) is 91.1 Å². The maximum absolute atomic E-state index is 5.22. The number of H-pyrrole nitrogens is 2. The number of imidazole rings is 2. The van der Waals surface area contributed by atoms with Gasteiger partial charge in [0.1, 0.15) is 5.82 Å². The van der Waals surface area contributed by atoms with Crippen LogP contribution in [0.2, 0.25) is 0 Å². The fourth-order valence-corrected chi connectivity index (χ4v) is 6.99. The number of nitrogens with zero attached hydrogens (tertiary/aromatic N) is 4. The van der Waals surface area contributed by atoms with E-state index in [1.165, 1.54) is 59.0 Å². The zero-order valence-corrected chi connectivity index (χ0v) is 24.7. The van der Waals surface area contributed by atoms with Gasteiger partial charge in [0.25, 0.3) is 0 Å². The van der Waals surface area contributed by atoms with Crippen LogP contribution < -0.4 is 0 Å². The molecule has 2 N–H and O–H groups in total. The van der Waals surface area contributed by atoms with Gasteiger partial charge in [-0.25, -0.2) is 9.97 Å². The van der Waals surface area contributed by atoms with Gasteiger partial charge in [0.05, 0.1) is 41.3 Å². The second-order valence-electron chi connectivity index (χ2n) is 12.1. The molecule has 6 heteroatoms. The first kappa shape index (κ1) is 26.7. The summed E-state index contributed by atoms with van der Waals surface area (Å²) in [5.41, 5.74) is 9.08. The minimum atomic E-state index is 0.187. The van der Waals surface area contributed by atoms with E-state index < -0.39 is 0 Å². The van der Waals surface area contributed by atoms with E-state index >= 15 is 0 Å². The Morgan fingerprint density at radius 3 is 2.48 bits per heavy atom. The summed E-state index contributed by atoms with van der Waals surface area (Å²) in [6.45, 7) is 10.1. The summed E-state index contributed by atoms with van der Waals surface area (Å²) in [7, 11) is 0. The van der Waals surface area contributed by atoms with Crippen molar-refractivity contribution in [3.8, 4) is 22.4 Å². The number of hydrogen-bond donors (Lipinski definition) is 2. The number of benzene rings is 3. The van der Waals surface area contributed by atoms with E-state index in [9.17, 15) is 0 Å². The van der Waals surface area contributed by atoms with E-state index in [4.69, 9.17) is 9.98 Å². The molecule has 0 bridgehead atoms. The summed E-state index contributed by atoms with van der Waals surface area (Å²) in [5, 5.41) is 2.44. The van der Waals surface area contributed by atoms with Gasteiger partial charge in [-0.2, -0.15) is 0 Å². The van der Waals surface area contributed by atoms with Crippen LogP contribution in [0.25, 0.3) is 44.2 Å². The zero-order chi connectivity index (χ0) is 28.6. The summed E-state index contributed by atoms with van der Waals surface area (Å²) in [4.78, 5) is 23.9. The molecule has 2 fully saturated rings. The molecule has 0 spiro atoms. The topological polar surface area (TPSA) is 73.0 Å². The third-order valence-corrected chi connectivity index (χ3v) is 9.48. The predicted octanol–water partition coefficient (Wildman–Crippen LogP) is 8.85. The molecule has 7 rings (SSSR count). The predicted molar refractivity (Wildman–Crippen MR) is 174 cm³/mol. The number of hydrogen-bond acceptors (Lipinski definition) is 4. The molecule has 1 saturated heterocycles. The Hall–Kier alpha value is -4.19. The van der Waals surface area contributed by atoms with Crippen LogP contribution in [0.1, 0.15) is 70.7 Å². The third-order valence-electron chi connectivity index (χ3n) is 9.48. The largest absolute Gasteiger partial charge is 0.363 e. The van der Waals surface area contributed by atoms with Crippen LogP contribution in [-0.4, -0.2) is 43.1 Å². The van der Waals surface area contributed by atoms with Crippen molar-refractivity contribution < 1.29 is 0 Å². The molecule has 214 valence electrons. The Balaban J connectivity index is 1.15. The molecular weight excluding hydrogens is 516 g/mol. The van der Waals surface area contributed by atoms with Crippen molar-refractivity contribution in [3.63, 3.8) is 0 Å². The lowest BCUT2D eigenvalue weighted by Crippen LogP contribution is -2.33. The summed E-state index contributed by atoms with van der Waals surface area (Å²) in [5.74, 6) is 1.66. The smallest absolute Gasteiger partial charge is 0.130 e. The third kappa shape index (κ3) is 5.04. The maximum atomic E-state index is 5.22. The molecule has 5 aromatic rings. The molecule has 6 nitrogen and oxygen atoms in total. The fourth-order valence-electron chi connectivity index (χ4n) is 6.99. The number of nitrogens with one attached hydrogen (secondary N) is 2. The molecule has 1 aliphatic carbocycles. The van der Waals surface area contributed by atoms with Gasteiger partial charge < -0.3 is 14.9 Å². The van der Waals surface area contributed by atoms with Crippen molar-refractivity contribution in [2.45, 2.75) is 70.9 Å². The molecule has 2 aromatic heterocycles. The number of aliphatic imine (C=N–C) groups is 1. The first-order chi connectivity index (χ1) is 20.6. The normalized spacial score (nSPS) is 18.9. The van der Waals surface area contributed by atoms with Crippen molar-refractivity contribution >= 4 is 27.5 Å². The van der Waals surface area contributed by atoms with Crippen molar-refractivity contribution in [2.24, 2.45) is 10.9 Å². The molecule has 0 unspecified atom stereocenters. The van der Waals surface area contributed by atoms with Gasteiger partial charge in [-0.1, -0.05) is 56.7 Å². The molecule has 3 heterocycles. The molecule has 42 heavy (non-hydrogen) atoms. The average Bonchev–Trinajstić information content (AvgIpc) is 3.85. The van der Waals surface area contributed by atoms with Crippen molar-refractivity contribution in [2.75, 3.05) is 6.54 Å². The van der Waals surface area contributed by atoms with Crippen LogP contribution in [-0.2, 0) is 0 Å². The highest BCUT2D eigenvalue weighted by atomic mass is 15.2. The molecule has 1 aliphatic heterocycles. The highest BCUT2D eigenvalue weighted by molar-refractivity contribution is 5.91. The molecular formula is C36H40N6. The van der Waals surface area contributed by atoms with Crippen LogP contribution in [0.3, 0.4) is 0 Å². The molecule has 0 radical (unpaired) electrons. The zero-order valence-electron chi connectivity index (χ0n) is 24.7. The number of aromatic amines is 2. The number of likely N-dealkylation sites (tertiary alicyclic amines) is 1. The quantitative estimate of drug-likeness (QED) is 0.188. The van der Waals surface area contributed by atoms with Gasteiger partial charge >= 0.3 is 0 Å². The lowest BCUT2D eigenvalue weighted by atomic mass is 9.95. The second kappa shape index (κ2) is 11.2. The minimum absolute atomic E-state index is 0.187. The van der Waals surface area contributed by atoms with Crippen LogP contribution in [0.4, 0.5) is 0 Å². The Morgan fingerprint density at radius 2 is 1.71 bits per heavy atom.